The van der Waals surface area contributed by atoms with Crippen LogP contribution in [-0.4, -0.2) is 25.8 Å². The normalized spacial score (nSPS) is 13.6. The lowest BCUT2D eigenvalue weighted by Gasteiger charge is -2.17. The smallest absolute Gasteiger partial charge is 0.0684 e. The maximum Gasteiger partial charge on any atom is 0.0684 e. The minimum absolute atomic E-state index is 0.220. The zero-order valence-corrected chi connectivity index (χ0v) is 9.76. The van der Waals surface area contributed by atoms with Crippen molar-refractivity contribution in [3.05, 3.63) is 0 Å². The number of rotatable bonds is 7. The molecule has 3 heteroatoms. The van der Waals surface area contributed by atoms with Crippen molar-refractivity contribution in [3.63, 3.8) is 0 Å². The summed E-state index contributed by atoms with van der Waals surface area (Å²) in [6, 6.07) is 2.28. The Morgan fingerprint density at radius 2 is 2.14 bits per heavy atom. The molecule has 0 radical (unpaired) electrons. The maximum absolute atomic E-state index is 8.78. The first-order chi connectivity index (χ1) is 6.52. The average Bonchev–Trinajstić information content (AvgIpc) is 2.13. The standard InChI is InChI=1S/C11H22N2O/c1-5-14-10(2)8-13-7-6-11(3,4)9-12/h10,13H,5-8H2,1-4H3. The van der Waals surface area contributed by atoms with E-state index in [9.17, 15) is 0 Å². The third kappa shape index (κ3) is 6.88. The summed E-state index contributed by atoms with van der Waals surface area (Å²) in [5.74, 6) is 0. The lowest BCUT2D eigenvalue weighted by molar-refractivity contribution is 0.0759. The number of nitriles is 1. The summed E-state index contributed by atoms with van der Waals surface area (Å²) in [6.07, 6.45) is 1.13. The van der Waals surface area contributed by atoms with Crippen LogP contribution in [0.1, 0.15) is 34.1 Å². The second kappa shape index (κ2) is 6.80. The lowest BCUT2D eigenvalue weighted by Crippen LogP contribution is -2.29. The summed E-state index contributed by atoms with van der Waals surface area (Å²) in [4.78, 5) is 0. The van der Waals surface area contributed by atoms with Crippen molar-refractivity contribution in [3.8, 4) is 6.07 Å². The van der Waals surface area contributed by atoms with Gasteiger partial charge in [0.05, 0.1) is 17.6 Å². The molecule has 1 unspecified atom stereocenters. The molecule has 0 aromatic carbocycles. The van der Waals surface area contributed by atoms with E-state index >= 15 is 0 Å². The van der Waals surface area contributed by atoms with Crippen molar-refractivity contribution in [1.82, 2.24) is 5.32 Å². The van der Waals surface area contributed by atoms with E-state index in [0.717, 1.165) is 26.1 Å². The Hall–Kier alpha value is -0.590. The predicted molar refractivity (Wildman–Crippen MR) is 58.0 cm³/mol. The first-order valence-corrected chi connectivity index (χ1v) is 5.25. The molecule has 3 nitrogen and oxygen atoms in total. The molecule has 0 bridgehead atoms. The van der Waals surface area contributed by atoms with Crippen LogP contribution in [0.15, 0.2) is 0 Å². The van der Waals surface area contributed by atoms with Gasteiger partial charge in [-0.15, -0.1) is 0 Å². The Morgan fingerprint density at radius 3 is 2.64 bits per heavy atom. The fraction of sp³-hybridized carbons (Fsp3) is 0.909. The minimum Gasteiger partial charge on any atom is -0.377 e. The van der Waals surface area contributed by atoms with Crippen molar-refractivity contribution in [1.29, 1.82) is 5.26 Å². The molecule has 0 aromatic heterocycles. The highest BCUT2D eigenvalue weighted by Gasteiger charge is 2.15. The van der Waals surface area contributed by atoms with E-state index in [-0.39, 0.29) is 11.5 Å². The zero-order chi connectivity index (χ0) is 11.0. The van der Waals surface area contributed by atoms with Gasteiger partial charge in [-0.1, -0.05) is 0 Å². The Bertz CT molecular complexity index is 184. The third-order valence-electron chi connectivity index (χ3n) is 2.11. The second-order valence-electron chi connectivity index (χ2n) is 4.22. The molecule has 0 fully saturated rings. The van der Waals surface area contributed by atoms with Crippen LogP contribution in [0, 0.1) is 16.7 Å². The molecule has 0 aliphatic heterocycles. The lowest BCUT2D eigenvalue weighted by atomic mass is 9.91. The number of hydrogen-bond donors (Lipinski definition) is 1. The van der Waals surface area contributed by atoms with Gasteiger partial charge in [0.25, 0.3) is 0 Å². The molecule has 0 saturated heterocycles. The second-order valence-corrected chi connectivity index (χ2v) is 4.22. The molecule has 14 heavy (non-hydrogen) atoms. The third-order valence-corrected chi connectivity index (χ3v) is 2.11. The van der Waals surface area contributed by atoms with Gasteiger partial charge in [0.15, 0.2) is 0 Å². The minimum atomic E-state index is -0.220. The van der Waals surface area contributed by atoms with Crippen LogP contribution in [0.25, 0.3) is 0 Å². The van der Waals surface area contributed by atoms with Crippen LogP contribution in [0.4, 0.5) is 0 Å². The van der Waals surface area contributed by atoms with Crippen LogP contribution in [0.3, 0.4) is 0 Å². The highest BCUT2D eigenvalue weighted by molar-refractivity contribution is 4.91. The van der Waals surface area contributed by atoms with Gasteiger partial charge in [-0.25, -0.2) is 0 Å². The summed E-state index contributed by atoms with van der Waals surface area (Å²) in [5.41, 5.74) is -0.220. The Balaban J connectivity index is 3.43. The molecule has 0 heterocycles. The average molecular weight is 198 g/mol. The highest BCUT2D eigenvalue weighted by atomic mass is 16.5. The van der Waals surface area contributed by atoms with Crippen molar-refractivity contribution < 1.29 is 4.74 Å². The van der Waals surface area contributed by atoms with Gasteiger partial charge < -0.3 is 10.1 Å². The fourth-order valence-electron chi connectivity index (χ4n) is 1.11. The van der Waals surface area contributed by atoms with Gasteiger partial charge in [-0.3, -0.25) is 0 Å². The van der Waals surface area contributed by atoms with Crippen LogP contribution in [0.2, 0.25) is 0 Å². The van der Waals surface area contributed by atoms with Gasteiger partial charge in [-0.05, 0) is 40.7 Å². The molecule has 0 rings (SSSR count). The van der Waals surface area contributed by atoms with E-state index < -0.39 is 0 Å². The summed E-state index contributed by atoms with van der Waals surface area (Å²) in [6.45, 7) is 10.4. The van der Waals surface area contributed by atoms with E-state index in [4.69, 9.17) is 10.00 Å². The summed E-state index contributed by atoms with van der Waals surface area (Å²) < 4.78 is 5.37. The molecular formula is C11H22N2O. The van der Waals surface area contributed by atoms with E-state index in [0.29, 0.717) is 0 Å². The fourth-order valence-corrected chi connectivity index (χ4v) is 1.11. The van der Waals surface area contributed by atoms with E-state index in [2.05, 4.69) is 11.4 Å². The Morgan fingerprint density at radius 1 is 1.50 bits per heavy atom. The molecule has 0 saturated carbocycles. The Kier molecular flexibility index (Phi) is 6.52. The molecule has 1 N–H and O–H groups in total. The SMILES string of the molecule is CCOC(C)CNCCC(C)(C)C#N. The maximum atomic E-state index is 8.78. The molecule has 82 valence electrons. The quantitative estimate of drug-likeness (QED) is 0.636. The summed E-state index contributed by atoms with van der Waals surface area (Å²) >= 11 is 0. The molecular weight excluding hydrogens is 176 g/mol. The first kappa shape index (κ1) is 13.4. The molecule has 1 atom stereocenters. The number of nitrogens with zero attached hydrogens (tertiary/aromatic N) is 1. The molecule has 0 spiro atoms. The van der Waals surface area contributed by atoms with Crippen LogP contribution in [-0.2, 0) is 4.74 Å². The van der Waals surface area contributed by atoms with E-state index in [1.807, 2.05) is 27.7 Å². The number of hydrogen-bond acceptors (Lipinski definition) is 3. The number of ether oxygens (including phenoxy) is 1. The summed E-state index contributed by atoms with van der Waals surface area (Å²) in [5, 5.41) is 12.1. The van der Waals surface area contributed by atoms with Crippen LogP contribution < -0.4 is 5.32 Å². The van der Waals surface area contributed by atoms with Gasteiger partial charge in [0, 0.05) is 13.2 Å². The Labute approximate surface area is 87.4 Å². The topological polar surface area (TPSA) is 45.0 Å². The molecule has 0 aromatic rings. The first-order valence-electron chi connectivity index (χ1n) is 5.25. The predicted octanol–water partition coefficient (Wildman–Crippen LogP) is 1.94. The van der Waals surface area contributed by atoms with Crippen molar-refractivity contribution in [2.75, 3.05) is 19.7 Å². The van der Waals surface area contributed by atoms with Crippen molar-refractivity contribution in [2.24, 2.45) is 5.41 Å². The highest BCUT2D eigenvalue weighted by Crippen LogP contribution is 2.16. The van der Waals surface area contributed by atoms with Gasteiger partial charge in [-0.2, -0.15) is 5.26 Å². The van der Waals surface area contributed by atoms with Crippen molar-refractivity contribution >= 4 is 0 Å². The van der Waals surface area contributed by atoms with Gasteiger partial charge in [0.1, 0.15) is 0 Å². The zero-order valence-electron chi connectivity index (χ0n) is 9.76. The number of nitrogens with one attached hydrogen (secondary N) is 1. The monoisotopic (exact) mass is 198 g/mol. The van der Waals surface area contributed by atoms with Crippen LogP contribution >= 0.6 is 0 Å². The summed E-state index contributed by atoms with van der Waals surface area (Å²) in [7, 11) is 0. The molecule has 0 amide bonds. The molecule has 0 aliphatic carbocycles. The largest absolute Gasteiger partial charge is 0.377 e. The van der Waals surface area contributed by atoms with Gasteiger partial charge >= 0.3 is 0 Å². The van der Waals surface area contributed by atoms with E-state index in [1.54, 1.807) is 0 Å². The molecule has 0 aliphatic rings. The van der Waals surface area contributed by atoms with Crippen molar-refractivity contribution in [2.45, 2.75) is 40.2 Å². The van der Waals surface area contributed by atoms with Crippen LogP contribution in [0.5, 0.6) is 0 Å². The van der Waals surface area contributed by atoms with Gasteiger partial charge in [0.2, 0.25) is 0 Å². The van der Waals surface area contributed by atoms with E-state index in [1.165, 1.54) is 0 Å².